The third-order valence-electron chi connectivity index (χ3n) is 3.06. The van der Waals surface area contributed by atoms with Crippen LogP contribution in [0.3, 0.4) is 0 Å². The molecule has 0 unspecified atom stereocenters. The van der Waals surface area contributed by atoms with Crippen molar-refractivity contribution in [2.75, 3.05) is 0 Å². The summed E-state index contributed by atoms with van der Waals surface area (Å²) in [7, 11) is 0. The average molecular weight is 266 g/mol. The van der Waals surface area contributed by atoms with E-state index in [1.807, 2.05) is 38.1 Å². The van der Waals surface area contributed by atoms with Crippen molar-refractivity contribution < 1.29 is 14.6 Å². The first-order valence-electron chi connectivity index (χ1n) is 6.21. The maximum absolute atomic E-state index is 11.3. The van der Waals surface area contributed by atoms with Crippen molar-refractivity contribution in [3.05, 3.63) is 24.3 Å². The van der Waals surface area contributed by atoms with Crippen LogP contribution in [0.5, 0.6) is 5.75 Å². The van der Waals surface area contributed by atoms with Gasteiger partial charge in [0.15, 0.2) is 0 Å². The smallest absolute Gasteiger partial charge is 0.320 e. The number of carboxylic acid groups (broad SMARTS) is 1. The first-order chi connectivity index (χ1) is 8.52. The topological polar surface area (TPSA) is 46.5 Å². The van der Waals surface area contributed by atoms with Crippen molar-refractivity contribution in [2.45, 2.75) is 48.9 Å². The molecule has 0 atom stereocenters. The zero-order valence-corrected chi connectivity index (χ0v) is 11.5. The van der Waals surface area contributed by atoms with E-state index in [0.29, 0.717) is 0 Å². The SMILES string of the molecule is CC(C)Oc1ccc(SC2(C(=O)O)CCC2)cc1. The van der Waals surface area contributed by atoms with Gasteiger partial charge in [-0.05, 0) is 57.4 Å². The second-order valence-electron chi connectivity index (χ2n) is 4.89. The van der Waals surface area contributed by atoms with Gasteiger partial charge in [-0.25, -0.2) is 0 Å². The van der Waals surface area contributed by atoms with Gasteiger partial charge in [0.2, 0.25) is 0 Å². The molecule has 0 aliphatic heterocycles. The van der Waals surface area contributed by atoms with Crippen LogP contribution in [0.1, 0.15) is 33.1 Å². The zero-order chi connectivity index (χ0) is 13.2. The summed E-state index contributed by atoms with van der Waals surface area (Å²) in [5.74, 6) is 0.133. The summed E-state index contributed by atoms with van der Waals surface area (Å²) < 4.78 is 4.96. The highest BCUT2D eigenvalue weighted by molar-refractivity contribution is 8.01. The number of aliphatic carboxylic acids is 1. The number of ether oxygens (including phenoxy) is 1. The predicted octanol–water partition coefficient (Wildman–Crippen LogP) is 3.57. The highest BCUT2D eigenvalue weighted by Gasteiger charge is 2.45. The monoisotopic (exact) mass is 266 g/mol. The predicted molar refractivity (Wildman–Crippen MR) is 72.3 cm³/mol. The first-order valence-corrected chi connectivity index (χ1v) is 7.03. The molecule has 18 heavy (non-hydrogen) atoms. The van der Waals surface area contributed by atoms with Gasteiger partial charge in [0, 0.05) is 4.90 Å². The summed E-state index contributed by atoms with van der Waals surface area (Å²) in [6.45, 7) is 3.97. The summed E-state index contributed by atoms with van der Waals surface area (Å²) in [5, 5.41) is 9.27. The van der Waals surface area contributed by atoms with Gasteiger partial charge in [-0.2, -0.15) is 0 Å². The van der Waals surface area contributed by atoms with Crippen LogP contribution >= 0.6 is 11.8 Å². The van der Waals surface area contributed by atoms with Gasteiger partial charge in [0.1, 0.15) is 10.5 Å². The molecule has 1 aromatic carbocycles. The average Bonchev–Trinajstić information content (AvgIpc) is 2.24. The van der Waals surface area contributed by atoms with E-state index in [2.05, 4.69) is 0 Å². The van der Waals surface area contributed by atoms with Gasteiger partial charge in [-0.3, -0.25) is 4.79 Å². The maximum Gasteiger partial charge on any atom is 0.320 e. The number of thioether (sulfide) groups is 1. The molecule has 4 heteroatoms. The van der Waals surface area contributed by atoms with E-state index < -0.39 is 10.7 Å². The molecule has 1 fully saturated rings. The van der Waals surface area contributed by atoms with E-state index >= 15 is 0 Å². The summed E-state index contributed by atoms with van der Waals surface area (Å²) in [6.07, 6.45) is 2.68. The van der Waals surface area contributed by atoms with Crippen molar-refractivity contribution in [3.63, 3.8) is 0 Å². The lowest BCUT2D eigenvalue weighted by atomic mass is 9.84. The lowest BCUT2D eigenvalue weighted by Crippen LogP contribution is -2.41. The number of carboxylic acids is 1. The number of benzene rings is 1. The van der Waals surface area contributed by atoms with E-state index in [1.54, 1.807) is 0 Å². The lowest BCUT2D eigenvalue weighted by molar-refractivity contribution is -0.142. The van der Waals surface area contributed by atoms with E-state index in [1.165, 1.54) is 11.8 Å². The molecule has 0 saturated heterocycles. The van der Waals surface area contributed by atoms with Crippen LogP contribution < -0.4 is 4.74 Å². The molecule has 0 spiro atoms. The minimum Gasteiger partial charge on any atom is -0.491 e. The molecule has 0 aromatic heterocycles. The number of rotatable bonds is 5. The molecule has 0 radical (unpaired) electrons. The number of carbonyl (C=O) groups is 1. The number of hydrogen-bond acceptors (Lipinski definition) is 3. The van der Waals surface area contributed by atoms with Crippen LogP contribution in [0, 0.1) is 0 Å². The van der Waals surface area contributed by atoms with Crippen LogP contribution in [-0.2, 0) is 4.79 Å². The van der Waals surface area contributed by atoms with Crippen molar-refractivity contribution in [2.24, 2.45) is 0 Å². The van der Waals surface area contributed by atoms with Crippen molar-refractivity contribution in [1.82, 2.24) is 0 Å². The second-order valence-corrected chi connectivity index (χ2v) is 6.35. The molecule has 2 rings (SSSR count). The molecule has 98 valence electrons. The Hall–Kier alpha value is -1.16. The standard InChI is InChI=1S/C14H18O3S/c1-10(2)17-11-4-6-12(7-5-11)18-14(13(15)16)8-3-9-14/h4-7,10H,3,8-9H2,1-2H3,(H,15,16). The lowest BCUT2D eigenvalue weighted by Gasteiger charge is -2.36. The molecular formula is C14H18O3S. The molecular weight excluding hydrogens is 248 g/mol. The molecule has 0 heterocycles. The molecule has 3 nitrogen and oxygen atoms in total. The minimum atomic E-state index is -0.693. The Labute approximate surface area is 112 Å². The summed E-state index contributed by atoms with van der Waals surface area (Å²) in [6, 6.07) is 7.67. The van der Waals surface area contributed by atoms with Gasteiger partial charge in [-0.15, -0.1) is 11.8 Å². The van der Waals surface area contributed by atoms with Crippen LogP contribution in [-0.4, -0.2) is 21.9 Å². The fraction of sp³-hybridized carbons (Fsp3) is 0.500. The largest absolute Gasteiger partial charge is 0.491 e. The quantitative estimate of drug-likeness (QED) is 0.885. The third kappa shape index (κ3) is 2.80. The van der Waals surface area contributed by atoms with Crippen LogP contribution in [0.25, 0.3) is 0 Å². The van der Waals surface area contributed by atoms with Crippen molar-refractivity contribution >= 4 is 17.7 Å². The molecule has 1 aliphatic rings. The van der Waals surface area contributed by atoms with Gasteiger partial charge in [-0.1, -0.05) is 0 Å². The Morgan fingerprint density at radius 2 is 1.94 bits per heavy atom. The highest BCUT2D eigenvalue weighted by atomic mass is 32.2. The maximum atomic E-state index is 11.3. The number of hydrogen-bond donors (Lipinski definition) is 1. The molecule has 1 aromatic rings. The van der Waals surface area contributed by atoms with Gasteiger partial charge in [0.25, 0.3) is 0 Å². The van der Waals surface area contributed by atoms with E-state index in [-0.39, 0.29) is 6.10 Å². The Bertz CT molecular complexity index is 421. The van der Waals surface area contributed by atoms with Crippen LogP contribution in [0.4, 0.5) is 0 Å². The van der Waals surface area contributed by atoms with E-state index in [0.717, 1.165) is 29.9 Å². The minimum absolute atomic E-state index is 0.153. The van der Waals surface area contributed by atoms with Crippen molar-refractivity contribution in [1.29, 1.82) is 0 Å². The van der Waals surface area contributed by atoms with Gasteiger partial charge in [0.05, 0.1) is 6.10 Å². The van der Waals surface area contributed by atoms with E-state index in [9.17, 15) is 9.90 Å². The second kappa shape index (κ2) is 5.22. The fourth-order valence-corrected chi connectivity index (χ4v) is 3.24. The molecule has 0 bridgehead atoms. The van der Waals surface area contributed by atoms with E-state index in [4.69, 9.17) is 4.74 Å². The van der Waals surface area contributed by atoms with Gasteiger partial charge < -0.3 is 9.84 Å². The van der Waals surface area contributed by atoms with Gasteiger partial charge >= 0.3 is 5.97 Å². The van der Waals surface area contributed by atoms with Crippen LogP contribution in [0.15, 0.2) is 29.2 Å². The molecule has 1 aliphatic carbocycles. The summed E-state index contributed by atoms with van der Waals surface area (Å²) in [5.41, 5.74) is 0. The normalized spacial score (nSPS) is 17.3. The molecule has 1 N–H and O–H groups in total. The Morgan fingerprint density at radius 1 is 1.33 bits per heavy atom. The van der Waals surface area contributed by atoms with Crippen LogP contribution in [0.2, 0.25) is 0 Å². The Kier molecular flexibility index (Phi) is 3.85. The Balaban J connectivity index is 2.04. The zero-order valence-electron chi connectivity index (χ0n) is 10.7. The third-order valence-corrected chi connectivity index (χ3v) is 4.54. The fourth-order valence-electron chi connectivity index (χ4n) is 1.94. The van der Waals surface area contributed by atoms with Crippen molar-refractivity contribution in [3.8, 4) is 5.75 Å². The molecule has 0 amide bonds. The summed E-state index contributed by atoms with van der Waals surface area (Å²) in [4.78, 5) is 12.3. The summed E-state index contributed by atoms with van der Waals surface area (Å²) >= 11 is 1.46. The Morgan fingerprint density at radius 3 is 2.33 bits per heavy atom. The highest BCUT2D eigenvalue weighted by Crippen LogP contribution is 2.47. The first kappa shape index (κ1) is 13.3. The molecule has 1 saturated carbocycles.